The summed E-state index contributed by atoms with van der Waals surface area (Å²) in [6.07, 6.45) is 3.50. The third-order valence-electron chi connectivity index (χ3n) is 5.08. The van der Waals surface area contributed by atoms with Gasteiger partial charge in [-0.3, -0.25) is 9.69 Å². The van der Waals surface area contributed by atoms with Crippen LogP contribution >= 0.6 is 0 Å². The van der Waals surface area contributed by atoms with Crippen molar-refractivity contribution >= 4 is 15.7 Å². The van der Waals surface area contributed by atoms with Crippen molar-refractivity contribution in [2.45, 2.75) is 12.1 Å². The summed E-state index contributed by atoms with van der Waals surface area (Å²) in [5.74, 6) is 0.0620. The van der Waals surface area contributed by atoms with Gasteiger partial charge >= 0.3 is 0 Å². The lowest BCUT2D eigenvalue weighted by atomic mass is 10.0. The lowest BCUT2D eigenvalue weighted by Gasteiger charge is -2.42. The van der Waals surface area contributed by atoms with E-state index >= 15 is 0 Å². The van der Waals surface area contributed by atoms with Gasteiger partial charge in [0.1, 0.15) is 0 Å². The molecule has 3 heterocycles. The van der Waals surface area contributed by atoms with E-state index in [-0.39, 0.29) is 29.5 Å². The third-order valence-corrected chi connectivity index (χ3v) is 6.78. The van der Waals surface area contributed by atoms with Crippen molar-refractivity contribution in [2.75, 3.05) is 31.6 Å². The van der Waals surface area contributed by atoms with Gasteiger partial charge in [-0.15, -0.1) is 0 Å². The topological polar surface area (TPSA) is 75.5 Å². The van der Waals surface area contributed by atoms with Gasteiger partial charge in [0.25, 0.3) is 5.91 Å². The Morgan fingerprint density at radius 2 is 1.96 bits per heavy atom. The van der Waals surface area contributed by atoms with Gasteiger partial charge in [-0.2, -0.15) is 5.10 Å². The first-order valence-corrected chi connectivity index (χ1v) is 10.1. The molecule has 0 unspecified atom stereocenters. The number of sulfone groups is 1. The summed E-state index contributed by atoms with van der Waals surface area (Å²) in [7, 11) is -1.17. The van der Waals surface area contributed by atoms with Gasteiger partial charge in [-0.25, -0.2) is 13.1 Å². The number of piperazine rings is 1. The normalized spacial score (nSPS) is 25.7. The number of carbonyl (C=O) groups excluding carboxylic acids is 1. The Hall–Kier alpha value is -2.19. The van der Waals surface area contributed by atoms with Crippen LogP contribution in [0.25, 0.3) is 5.69 Å². The molecule has 7 nitrogen and oxygen atoms in total. The fourth-order valence-electron chi connectivity index (χ4n) is 3.75. The maximum absolute atomic E-state index is 13.1. The molecule has 4 rings (SSSR count). The number of likely N-dealkylation sites (N-methyl/N-ethyl adjacent to an activating group) is 1. The lowest BCUT2D eigenvalue weighted by Crippen LogP contribution is -2.59. The predicted octanol–water partition coefficient (Wildman–Crippen LogP) is 0.426. The van der Waals surface area contributed by atoms with Crippen molar-refractivity contribution in [3.8, 4) is 5.69 Å². The Kier molecular flexibility index (Phi) is 3.88. The number of amides is 1. The van der Waals surface area contributed by atoms with Crippen LogP contribution in [-0.4, -0.2) is 77.6 Å². The van der Waals surface area contributed by atoms with E-state index in [1.165, 1.54) is 0 Å². The second kappa shape index (κ2) is 5.96. The molecule has 25 heavy (non-hydrogen) atoms. The van der Waals surface area contributed by atoms with E-state index in [1.807, 2.05) is 31.4 Å². The summed E-state index contributed by atoms with van der Waals surface area (Å²) in [6.45, 7) is 1.22. The van der Waals surface area contributed by atoms with Crippen molar-refractivity contribution < 1.29 is 13.2 Å². The van der Waals surface area contributed by atoms with E-state index in [9.17, 15) is 13.2 Å². The molecular weight excluding hydrogens is 340 g/mol. The number of nitrogens with zero attached hydrogens (tertiary/aromatic N) is 4. The molecule has 1 amide bonds. The first-order valence-electron chi connectivity index (χ1n) is 8.26. The minimum Gasteiger partial charge on any atom is -0.332 e. The fourth-order valence-corrected chi connectivity index (χ4v) is 5.80. The minimum atomic E-state index is -3.10. The van der Waals surface area contributed by atoms with Crippen molar-refractivity contribution in [1.29, 1.82) is 0 Å². The molecule has 132 valence electrons. The number of fused-ring (bicyclic) bond motifs is 1. The van der Waals surface area contributed by atoms with Gasteiger partial charge in [0.05, 0.1) is 23.2 Å². The molecule has 8 heteroatoms. The van der Waals surface area contributed by atoms with Crippen LogP contribution in [0, 0.1) is 0 Å². The SMILES string of the molecule is CN1CCN(C(=O)c2cccc(-n3cccn3)c2)[C@H]2CS(=O)(=O)C[C@H]21. The van der Waals surface area contributed by atoms with E-state index in [0.717, 1.165) is 5.69 Å². The quantitative estimate of drug-likeness (QED) is 0.776. The molecule has 0 bridgehead atoms. The van der Waals surface area contributed by atoms with Gasteiger partial charge in [-0.1, -0.05) is 6.07 Å². The largest absolute Gasteiger partial charge is 0.332 e. The Labute approximate surface area is 146 Å². The smallest absolute Gasteiger partial charge is 0.254 e. The van der Waals surface area contributed by atoms with Gasteiger partial charge in [-0.05, 0) is 31.3 Å². The maximum atomic E-state index is 13.1. The number of rotatable bonds is 2. The molecule has 1 aromatic carbocycles. The standard InChI is InChI=1S/C17H20N4O3S/c1-19-8-9-20(16-12-25(23,24)11-15(16)19)17(22)13-4-2-5-14(10-13)21-7-3-6-18-21/h2-7,10,15-16H,8-9,11-12H2,1H3/t15-,16+/m1/s1. The fraction of sp³-hybridized carbons (Fsp3) is 0.412. The van der Waals surface area contributed by atoms with Crippen LogP contribution in [0.5, 0.6) is 0 Å². The van der Waals surface area contributed by atoms with Crippen molar-refractivity contribution in [1.82, 2.24) is 19.6 Å². The molecule has 2 aliphatic rings. The van der Waals surface area contributed by atoms with Crippen LogP contribution in [0.4, 0.5) is 0 Å². The summed E-state index contributed by atoms with van der Waals surface area (Å²) in [5, 5.41) is 4.19. The van der Waals surface area contributed by atoms with E-state index in [4.69, 9.17) is 0 Å². The molecule has 2 aromatic rings. The average molecular weight is 360 g/mol. The first-order chi connectivity index (χ1) is 11.9. The van der Waals surface area contributed by atoms with Crippen molar-refractivity contribution in [2.24, 2.45) is 0 Å². The third kappa shape index (κ3) is 2.96. The number of carbonyl (C=O) groups is 1. The zero-order valence-corrected chi connectivity index (χ0v) is 14.8. The highest BCUT2D eigenvalue weighted by Crippen LogP contribution is 2.27. The number of aromatic nitrogens is 2. The first kappa shape index (κ1) is 16.3. The molecule has 0 saturated carbocycles. The van der Waals surface area contributed by atoms with Gasteiger partial charge in [0.2, 0.25) is 0 Å². The van der Waals surface area contributed by atoms with Gasteiger partial charge in [0, 0.05) is 37.1 Å². The van der Waals surface area contributed by atoms with Gasteiger partial charge < -0.3 is 4.90 Å². The van der Waals surface area contributed by atoms with Crippen molar-refractivity contribution in [3.05, 3.63) is 48.3 Å². The van der Waals surface area contributed by atoms with E-state index in [2.05, 4.69) is 10.00 Å². The van der Waals surface area contributed by atoms with Crippen LogP contribution in [0.3, 0.4) is 0 Å². The minimum absolute atomic E-state index is 0.0482. The van der Waals surface area contributed by atoms with Crippen LogP contribution in [0.15, 0.2) is 42.7 Å². The molecule has 2 aliphatic heterocycles. The molecule has 0 aliphatic carbocycles. The molecule has 1 aromatic heterocycles. The summed E-state index contributed by atoms with van der Waals surface area (Å²) >= 11 is 0. The van der Waals surface area contributed by atoms with E-state index in [1.54, 1.807) is 27.9 Å². The van der Waals surface area contributed by atoms with Crippen molar-refractivity contribution in [3.63, 3.8) is 0 Å². The van der Waals surface area contributed by atoms with Crippen LogP contribution in [0.1, 0.15) is 10.4 Å². The van der Waals surface area contributed by atoms with Crippen LogP contribution < -0.4 is 0 Å². The zero-order valence-electron chi connectivity index (χ0n) is 13.9. The van der Waals surface area contributed by atoms with Crippen LogP contribution in [-0.2, 0) is 9.84 Å². The molecule has 0 spiro atoms. The Balaban J connectivity index is 1.64. The van der Waals surface area contributed by atoms with Crippen LogP contribution in [0.2, 0.25) is 0 Å². The Morgan fingerprint density at radius 3 is 2.72 bits per heavy atom. The zero-order chi connectivity index (χ0) is 17.6. The second-order valence-electron chi connectivity index (χ2n) is 6.69. The monoisotopic (exact) mass is 360 g/mol. The predicted molar refractivity (Wildman–Crippen MR) is 93.5 cm³/mol. The Morgan fingerprint density at radius 1 is 1.16 bits per heavy atom. The molecule has 0 radical (unpaired) electrons. The molecule has 2 fully saturated rings. The summed E-state index contributed by atoms with van der Waals surface area (Å²) in [4.78, 5) is 16.9. The molecule has 2 saturated heterocycles. The summed E-state index contributed by atoms with van der Waals surface area (Å²) in [6, 6.07) is 8.71. The van der Waals surface area contributed by atoms with E-state index in [0.29, 0.717) is 18.7 Å². The molecule has 2 atom stereocenters. The summed E-state index contributed by atoms with van der Waals surface area (Å²) < 4.78 is 25.9. The Bertz CT molecular complexity index is 894. The lowest BCUT2D eigenvalue weighted by molar-refractivity contribution is 0.0410. The summed E-state index contributed by atoms with van der Waals surface area (Å²) in [5.41, 5.74) is 1.36. The second-order valence-corrected chi connectivity index (χ2v) is 8.85. The molecular formula is C17H20N4O3S. The molecule has 0 N–H and O–H groups in total. The van der Waals surface area contributed by atoms with Gasteiger partial charge in [0.15, 0.2) is 9.84 Å². The highest BCUT2D eigenvalue weighted by atomic mass is 32.2. The average Bonchev–Trinajstić information content (AvgIpc) is 3.22. The highest BCUT2D eigenvalue weighted by molar-refractivity contribution is 7.91. The highest BCUT2D eigenvalue weighted by Gasteiger charge is 2.47. The number of hydrogen-bond donors (Lipinski definition) is 0. The van der Waals surface area contributed by atoms with E-state index < -0.39 is 9.84 Å². The number of hydrogen-bond acceptors (Lipinski definition) is 5. The number of benzene rings is 1. The maximum Gasteiger partial charge on any atom is 0.254 e.